The normalized spacial score (nSPS) is 11.4. The van der Waals surface area contributed by atoms with E-state index in [2.05, 4.69) is 9.72 Å². The molecule has 1 rings (SSSR count). The van der Waals surface area contributed by atoms with Crippen LogP contribution in [0.1, 0.15) is 17.7 Å². The van der Waals surface area contributed by atoms with E-state index in [1.807, 2.05) is 0 Å². The number of hydrogen-bond donors (Lipinski definition) is 1. The third kappa shape index (κ3) is 3.44. The molecule has 0 saturated carbocycles. The van der Waals surface area contributed by atoms with Gasteiger partial charge in [-0.2, -0.15) is 5.26 Å². The Morgan fingerprint density at radius 2 is 2.06 bits per heavy atom. The predicted molar refractivity (Wildman–Crippen MR) is 49.6 cm³/mol. The van der Waals surface area contributed by atoms with Gasteiger partial charge in [-0.1, -0.05) is 0 Å². The fourth-order valence-electron chi connectivity index (χ4n) is 1.15. The molecule has 0 amide bonds. The lowest BCUT2D eigenvalue weighted by Crippen LogP contribution is -2.19. The highest BCUT2D eigenvalue weighted by Gasteiger charge is 2.33. The molecule has 0 atom stereocenters. The van der Waals surface area contributed by atoms with Gasteiger partial charge in [0.1, 0.15) is 5.82 Å². The van der Waals surface area contributed by atoms with Crippen LogP contribution in [0.5, 0.6) is 5.75 Å². The Labute approximate surface area is 97.8 Å². The molecule has 0 bridgehead atoms. The van der Waals surface area contributed by atoms with E-state index in [0.29, 0.717) is 6.07 Å². The molecule has 0 saturated heterocycles. The highest BCUT2D eigenvalue weighted by molar-refractivity contribution is 5.48. The molecular weight excluding hydrogens is 261 g/mol. The van der Waals surface area contributed by atoms with Gasteiger partial charge in [0.2, 0.25) is 0 Å². The molecule has 0 spiro atoms. The van der Waals surface area contributed by atoms with E-state index in [4.69, 9.17) is 11.0 Å². The first kappa shape index (κ1) is 14.0. The topological polar surface area (TPSA) is 71.9 Å². The van der Waals surface area contributed by atoms with Crippen LogP contribution < -0.4 is 10.5 Å². The lowest BCUT2D eigenvalue weighted by Gasteiger charge is -2.14. The summed E-state index contributed by atoms with van der Waals surface area (Å²) in [5, 5.41) is 8.40. The summed E-state index contributed by atoms with van der Waals surface area (Å²) >= 11 is 0. The monoisotopic (exact) mass is 267 g/mol. The number of nitrogens with two attached hydrogens (primary N) is 1. The quantitative estimate of drug-likeness (QED) is 0.854. The van der Waals surface area contributed by atoms with Crippen LogP contribution in [0.25, 0.3) is 0 Å². The summed E-state index contributed by atoms with van der Waals surface area (Å²) in [4.78, 5) is 3.32. The van der Waals surface area contributed by atoms with Crippen molar-refractivity contribution >= 4 is 5.82 Å². The van der Waals surface area contributed by atoms with Crippen molar-refractivity contribution in [3.05, 3.63) is 17.3 Å². The fraction of sp³-hybridized carbons (Fsp3) is 0.333. The maximum Gasteiger partial charge on any atom is 0.573 e. The average molecular weight is 267 g/mol. The zero-order chi connectivity index (χ0) is 13.9. The Bertz CT molecular complexity index is 480. The summed E-state index contributed by atoms with van der Waals surface area (Å²) in [6, 6.07) is 1.97. The van der Waals surface area contributed by atoms with Gasteiger partial charge in [-0.3, -0.25) is 0 Å². The second-order valence-corrected chi connectivity index (χ2v) is 3.09. The van der Waals surface area contributed by atoms with Crippen molar-refractivity contribution < 1.29 is 26.7 Å². The Balaban J connectivity index is 3.27. The molecule has 1 aromatic rings. The minimum absolute atomic E-state index is 0.438. The lowest BCUT2D eigenvalue weighted by atomic mass is 10.2. The van der Waals surface area contributed by atoms with Crippen LogP contribution in [0.4, 0.5) is 27.8 Å². The third-order valence-electron chi connectivity index (χ3n) is 1.83. The molecule has 0 aliphatic heterocycles. The Morgan fingerprint density at radius 1 is 1.44 bits per heavy atom. The van der Waals surface area contributed by atoms with Gasteiger partial charge in [0.25, 0.3) is 6.43 Å². The van der Waals surface area contributed by atoms with Crippen LogP contribution in [0.2, 0.25) is 0 Å². The first-order chi connectivity index (χ1) is 8.24. The largest absolute Gasteiger partial charge is 0.573 e. The van der Waals surface area contributed by atoms with Crippen molar-refractivity contribution in [2.75, 3.05) is 5.73 Å². The summed E-state index contributed by atoms with van der Waals surface area (Å²) in [5.74, 6) is -1.58. The van der Waals surface area contributed by atoms with Gasteiger partial charge in [0, 0.05) is 0 Å². The molecule has 0 radical (unpaired) electrons. The van der Waals surface area contributed by atoms with Crippen LogP contribution in [0.3, 0.4) is 0 Å². The van der Waals surface area contributed by atoms with Crippen molar-refractivity contribution in [2.45, 2.75) is 19.2 Å². The molecule has 0 fully saturated rings. The number of ether oxygens (including phenoxy) is 1. The molecule has 18 heavy (non-hydrogen) atoms. The Hall–Kier alpha value is -2.11. The second-order valence-electron chi connectivity index (χ2n) is 3.09. The van der Waals surface area contributed by atoms with Gasteiger partial charge in [0.05, 0.1) is 23.7 Å². The van der Waals surface area contributed by atoms with E-state index in [-0.39, 0.29) is 0 Å². The minimum atomic E-state index is -5.07. The summed E-state index contributed by atoms with van der Waals surface area (Å²) < 4.78 is 64.5. The number of aromatic nitrogens is 1. The van der Waals surface area contributed by atoms with Gasteiger partial charge >= 0.3 is 6.36 Å². The zero-order valence-electron chi connectivity index (χ0n) is 8.63. The maximum atomic E-state index is 12.4. The molecule has 1 heterocycles. The molecule has 0 aromatic carbocycles. The number of anilines is 1. The Kier molecular flexibility index (Phi) is 3.90. The molecule has 0 aliphatic rings. The molecule has 4 nitrogen and oxygen atoms in total. The first-order valence-electron chi connectivity index (χ1n) is 4.44. The molecule has 1 aromatic heterocycles. The van der Waals surface area contributed by atoms with E-state index in [1.54, 1.807) is 0 Å². The van der Waals surface area contributed by atoms with Crippen LogP contribution in [0, 0.1) is 11.3 Å². The first-order valence-corrected chi connectivity index (χ1v) is 4.44. The number of pyridine rings is 1. The summed E-state index contributed by atoms with van der Waals surface area (Å²) in [6.45, 7) is 0. The summed E-state index contributed by atoms with van der Waals surface area (Å²) in [6.07, 6.45) is -8.70. The van der Waals surface area contributed by atoms with Crippen LogP contribution in [-0.4, -0.2) is 11.3 Å². The predicted octanol–water partition coefficient (Wildman–Crippen LogP) is 2.57. The van der Waals surface area contributed by atoms with E-state index >= 15 is 0 Å². The van der Waals surface area contributed by atoms with Crippen molar-refractivity contribution in [1.82, 2.24) is 4.98 Å². The van der Waals surface area contributed by atoms with Crippen LogP contribution in [0.15, 0.2) is 6.07 Å². The highest BCUT2D eigenvalue weighted by Crippen LogP contribution is 2.32. The van der Waals surface area contributed by atoms with E-state index < -0.39 is 42.0 Å². The van der Waals surface area contributed by atoms with Gasteiger partial charge in [-0.25, -0.2) is 13.8 Å². The fourth-order valence-corrected chi connectivity index (χ4v) is 1.15. The number of nitrogen functional groups attached to an aromatic ring is 1. The van der Waals surface area contributed by atoms with Gasteiger partial charge in [-0.15, -0.1) is 13.2 Å². The number of hydrogen-bond acceptors (Lipinski definition) is 4. The van der Waals surface area contributed by atoms with Crippen molar-refractivity contribution in [3.8, 4) is 11.8 Å². The molecule has 0 aliphatic carbocycles. The number of halogens is 5. The molecule has 9 heteroatoms. The third-order valence-corrected chi connectivity index (χ3v) is 1.83. The van der Waals surface area contributed by atoms with E-state index in [0.717, 1.165) is 0 Å². The highest BCUT2D eigenvalue weighted by atomic mass is 19.4. The number of alkyl halides is 5. The van der Waals surface area contributed by atoms with Crippen LogP contribution in [-0.2, 0) is 6.42 Å². The molecule has 0 unspecified atom stereocenters. The van der Waals surface area contributed by atoms with Crippen LogP contribution >= 0.6 is 0 Å². The minimum Gasteiger partial charge on any atom is -0.404 e. The SMILES string of the molecule is N#CCc1nc(N)c(C(F)F)cc1OC(F)(F)F. The van der Waals surface area contributed by atoms with Gasteiger partial charge < -0.3 is 10.5 Å². The molecule has 2 N–H and O–H groups in total. The molecule has 98 valence electrons. The number of rotatable bonds is 3. The second kappa shape index (κ2) is 5.03. The lowest BCUT2D eigenvalue weighted by molar-refractivity contribution is -0.275. The molecular formula is C9H6F5N3O. The smallest absolute Gasteiger partial charge is 0.404 e. The standard InChI is InChI=1S/C9H6F5N3O/c10-7(11)4-3-6(18-9(12,13)14)5(1-2-15)17-8(4)16/h3,7H,1H2,(H2,16,17). The van der Waals surface area contributed by atoms with Gasteiger partial charge in [0.15, 0.2) is 5.75 Å². The van der Waals surface area contributed by atoms with E-state index in [1.165, 1.54) is 6.07 Å². The summed E-state index contributed by atoms with van der Waals surface area (Å²) in [7, 11) is 0. The van der Waals surface area contributed by atoms with Crippen molar-refractivity contribution in [2.24, 2.45) is 0 Å². The Morgan fingerprint density at radius 3 is 2.50 bits per heavy atom. The summed E-state index contributed by atoms with van der Waals surface area (Å²) in [5.41, 5.74) is 3.82. The van der Waals surface area contributed by atoms with Gasteiger partial charge in [-0.05, 0) is 6.07 Å². The van der Waals surface area contributed by atoms with Crippen molar-refractivity contribution in [3.63, 3.8) is 0 Å². The zero-order valence-corrected chi connectivity index (χ0v) is 8.63. The van der Waals surface area contributed by atoms with Crippen molar-refractivity contribution in [1.29, 1.82) is 5.26 Å². The van der Waals surface area contributed by atoms with E-state index in [9.17, 15) is 22.0 Å². The number of nitrogens with zero attached hydrogens (tertiary/aromatic N) is 2. The maximum absolute atomic E-state index is 12.4. The average Bonchev–Trinajstić information content (AvgIpc) is 2.19. The number of nitriles is 1.